The molecule has 0 unspecified atom stereocenters. The summed E-state index contributed by atoms with van der Waals surface area (Å²) in [5.74, 6) is -0.989. The largest absolute Gasteiger partial charge is 0.481 e. The second kappa shape index (κ2) is 6.00. The number of nitrogens with one attached hydrogen (secondary N) is 1. The molecule has 18 heavy (non-hydrogen) atoms. The monoisotopic (exact) mass is 247 g/mol. The zero-order valence-electron chi connectivity index (χ0n) is 10.8. The van der Waals surface area contributed by atoms with Gasteiger partial charge in [0.25, 0.3) is 0 Å². The standard InChI is InChI=1S/C14H17NO3/c1-9-7-13(15-11(3)16)8-12(10(9)2)5-4-6-14(17)18/h4-5,7-8H,6H2,1-3H3,(H,15,16)(H,17,18)/b5-4-. The van der Waals surface area contributed by atoms with Gasteiger partial charge in [0.2, 0.25) is 5.91 Å². The summed E-state index contributed by atoms with van der Waals surface area (Å²) in [6.07, 6.45) is 3.35. The first kappa shape index (κ1) is 14.0. The van der Waals surface area contributed by atoms with Crippen molar-refractivity contribution < 1.29 is 14.7 Å². The van der Waals surface area contributed by atoms with E-state index in [0.717, 1.165) is 22.4 Å². The van der Waals surface area contributed by atoms with Crippen LogP contribution in [0.25, 0.3) is 6.08 Å². The molecule has 0 heterocycles. The quantitative estimate of drug-likeness (QED) is 0.859. The molecule has 0 aromatic heterocycles. The minimum absolute atomic E-state index is 0.0111. The Morgan fingerprint density at radius 3 is 2.56 bits per heavy atom. The number of carbonyl (C=O) groups excluding carboxylic acids is 1. The highest BCUT2D eigenvalue weighted by atomic mass is 16.4. The minimum Gasteiger partial charge on any atom is -0.481 e. The van der Waals surface area contributed by atoms with Crippen LogP contribution in [0, 0.1) is 13.8 Å². The number of carboxylic acids is 1. The zero-order chi connectivity index (χ0) is 13.7. The van der Waals surface area contributed by atoms with E-state index in [1.807, 2.05) is 26.0 Å². The predicted molar refractivity (Wildman–Crippen MR) is 71.5 cm³/mol. The molecule has 0 spiro atoms. The molecule has 0 saturated carbocycles. The number of aryl methyl sites for hydroxylation is 1. The Labute approximate surface area is 106 Å². The average Bonchev–Trinajstić information content (AvgIpc) is 2.23. The van der Waals surface area contributed by atoms with Crippen LogP contribution in [0.5, 0.6) is 0 Å². The van der Waals surface area contributed by atoms with Gasteiger partial charge < -0.3 is 10.4 Å². The van der Waals surface area contributed by atoms with Crippen molar-refractivity contribution >= 4 is 23.6 Å². The Morgan fingerprint density at radius 2 is 2.00 bits per heavy atom. The summed E-state index contributed by atoms with van der Waals surface area (Å²) in [5, 5.41) is 11.3. The van der Waals surface area contributed by atoms with Gasteiger partial charge >= 0.3 is 5.97 Å². The van der Waals surface area contributed by atoms with Gasteiger partial charge in [0.1, 0.15) is 0 Å². The molecule has 0 aliphatic heterocycles. The molecule has 0 atom stereocenters. The molecular formula is C14H17NO3. The number of benzene rings is 1. The number of rotatable bonds is 4. The molecule has 0 radical (unpaired) electrons. The van der Waals surface area contributed by atoms with E-state index in [1.54, 1.807) is 12.2 Å². The normalized spacial score (nSPS) is 10.6. The zero-order valence-corrected chi connectivity index (χ0v) is 10.8. The molecule has 4 heteroatoms. The van der Waals surface area contributed by atoms with E-state index < -0.39 is 5.97 Å². The smallest absolute Gasteiger partial charge is 0.307 e. The number of aliphatic carboxylic acids is 1. The number of carboxylic acid groups (broad SMARTS) is 1. The fourth-order valence-corrected chi connectivity index (χ4v) is 1.62. The van der Waals surface area contributed by atoms with Gasteiger partial charge in [-0.05, 0) is 42.7 Å². The van der Waals surface area contributed by atoms with E-state index in [0.29, 0.717) is 0 Å². The van der Waals surface area contributed by atoms with Crippen molar-refractivity contribution in [3.8, 4) is 0 Å². The first-order valence-electron chi connectivity index (χ1n) is 5.67. The van der Waals surface area contributed by atoms with Crippen LogP contribution in [-0.4, -0.2) is 17.0 Å². The second-order valence-electron chi connectivity index (χ2n) is 4.19. The Bertz CT molecular complexity index is 504. The molecule has 1 aromatic carbocycles. The maximum absolute atomic E-state index is 11.0. The molecule has 96 valence electrons. The summed E-state index contributed by atoms with van der Waals surface area (Å²) < 4.78 is 0. The summed E-state index contributed by atoms with van der Waals surface area (Å²) in [7, 11) is 0. The lowest BCUT2D eigenvalue weighted by Crippen LogP contribution is -2.06. The third-order valence-electron chi connectivity index (χ3n) is 2.62. The number of hydrogen-bond donors (Lipinski definition) is 2. The summed E-state index contributed by atoms with van der Waals surface area (Å²) in [4.78, 5) is 21.5. The number of anilines is 1. The van der Waals surface area contributed by atoms with Gasteiger partial charge in [-0.2, -0.15) is 0 Å². The number of hydrogen-bond acceptors (Lipinski definition) is 2. The highest BCUT2D eigenvalue weighted by Crippen LogP contribution is 2.21. The van der Waals surface area contributed by atoms with Gasteiger partial charge in [0, 0.05) is 12.6 Å². The highest BCUT2D eigenvalue weighted by Gasteiger charge is 2.03. The van der Waals surface area contributed by atoms with E-state index in [9.17, 15) is 9.59 Å². The van der Waals surface area contributed by atoms with Gasteiger partial charge in [-0.1, -0.05) is 12.2 Å². The maximum atomic E-state index is 11.0. The van der Waals surface area contributed by atoms with E-state index in [4.69, 9.17) is 5.11 Å². The van der Waals surface area contributed by atoms with Crippen LogP contribution in [0.2, 0.25) is 0 Å². The van der Waals surface area contributed by atoms with Crippen LogP contribution in [0.1, 0.15) is 30.0 Å². The fraction of sp³-hybridized carbons (Fsp3) is 0.286. The van der Waals surface area contributed by atoms with E-state index >= 15 is 0 Å². The van der Waals surface area contributed by atoms with Crippen molar-refractivity contribution in [1.82, 2.24) is 0 Å². The Hall–Kier alpha value is -2.10. The van der Waals surface area contributed by atoms with E-state index in [-0.39, 0.29) is 12.3 Å². The van der Waals surface area contributed by atoms with Crippen molar-refractivity contribution in [3.63, 3.8) is 0 Å². The lowest BCUT2D eigenvalue weighted by Gasteiger charge is -2.09. The van der Waals surface area contributed by atoms with Gasteiger partial charge in [-0.3, -0.25) is 9.59 Å². The van der Waals surface area contributed by atoms with Crippen molar-refractivity contribution in [2.45, 2.75) is 27.2 Å². The molecule has 0 saturated heterocycles. The summed E-state index contributed by atoms with van der Waals surface area (Å²) in [6, 6.07) is 3.73. The molecule has 1 rings (SSSR count). The highest BCUT2D eigenvalue weighted by molar-refractivity contribution is 5.89. The van der Waals surface area contributed by atoms with Crippen LogP contribution >= 0.6 is 0 Å². The first-order chi connectivity index (χ1) is 8.40. The van der Waals surface area contributed by atoms with Crippen LogP contribution in [-0.2, 0) is 9.59 Å². The van der Waals surface area contributed by atoms with Crippen LogP contribution in [0.15, 0.2) is 18.2 Å². The van der Waals surface area contributed by atoms with Crippen LogP contribution in [0.4, 0.5) is 5.69 Å². The second-order valence-corrected chi connectivity index (χ2v) is 4.19. The Balaban J connectivity index is 3.02. The third kappa shape index (κ3) is 4.05. The molecule has 0 bridgehead atoms. The van der Waals surface area contributed by atoms with Crippen molar-refractivity contribution in [2.75, 3.05) is 5.32 Å². The predicted octanol–water partition coefficient (Wildman–Crippen LogP) is 2.75. The van der Waals surface area contributed by atoms with Gasteiger partial charge in [-0.25, -0.2) is 0 Å². The topological polar surface area (TPSA) is 66.4 Å². The number of amides is 1. The van der Waals surface area contributed by atoms with E-state index in [1.165, 1.54) is 6.92 Å². The maximum Gasteiger partial charge on any atom is 0.307 e. The SMILES string of the molecule is CC(=O)Nc1cc(C)c(C)c(/C=C\CC(=O)O)c1. The molecular weight excluding hydrogens is 230 g/mol. The van der Waals surface area contributed by atoms with Gasteiger partial charge in [-0.15, -0.1) is 0 Å². The first-order valence-corrected chi connectivity index (χ1v) is 5.67. The molecule has 0 aliphatic rings. The minimum atomic E-state index is -0.862. The molecule has 1 aromatic rings. The average molecular weight is 247 g/mol. The van der Waals surface area contributed by atoms with Gasteiger partial charge in [0.15, 0.2) is 0 Å². The summed E-state index contributed by atoms with van der Waals surface area (Å²) in [6.45, 7) is 5.37. The van der Waals surface area contributed by atoms with Crippen molar-refractivity contribution in [3.05, 3.63) is 34.9 Å². The molecule has 2 N–H and O–H groups in total. The molecule has 0 fully saturated rings. The lowest BCUT2D eigenvalue weighted by atomic mass is 10.0. The van der Waals surface area contributed by atoms with Crippen LogP contribution < -0.4 is 5.32 Å². The Kier molecular flexibility index (Phi) is 4.66. The third-order valence-corrected chi connectivity index (χ3v) is 2.62. The molecule has 4 nitrogen and oxygen atoms in total. The fourth-order valence-electron chi connectivity index (χ4n) is 1.62. The van der Waals surface area contributed by atoms with Crippen molar-refractivity contribution in [2.24, 2.45) is 0 Å². The van der Waals surface area contributed by atoms with Crippen molar-refractivity contribution in [1.29, 1.82) is 0 Å². The van der Waals surface area contributed by atoms with Crippen LogP contribution in [0.3, 0.4) is 0 Å². The molecule has 1 amide bonds. The lowest BCUT2D eigenvalue weighted by molar-refractivity contribution is -0.136. The van der Waals surface area contributed by atoms with E-state index in [2.05, 4.69) is 5.32 Å². The summed E-state index contributed by atoms with van der Waals surface area (Å²) >= 11 is 0. The Morgan fingerprint density at radius 1 is 1.33 bits per heavy atom. The molecule has 0 aliphatic carbocycles. The van der Waals surface area contributed by atoms with Gasteiger partial charge in [0.05, 0.1) is 6.42 Å². The summed E-state index contributed by atoms with van der Waals surface area (Å²) in [5.41, 5.74) is 3.77. The number of carbonyl (C=O) groups is 2.